The Morgan fingerprint density at radius 1 is 1.37 bits per heavy atom. The number of rotatable bonds is 2. The molecule has 0 amide bonds. The SMILES string of the molecule is CCOC(=O)c1c2c3c(cccc3n1C)C(=O)CC2. The van der Waals surface area contributed by atoms with Crippen molar-refractivity contribution in [1.82, 2.24) is 4.57 Å². The predicted octanol–water partition coefficient (Wildman–Crippen LogP) is 2.48. The van der Waals surface area contributed by atoms with Crippen LogP contribution in [0.4, 0.5) is 0 Å². The molecule has 0 saturated heterocycles. The van der Waals surface area contributed by atoms with Crippen LogP contribution < -0.4 is 0 Å². The van der Waals surface area contributed by atoms with Gasteiger partial charge in [-0.2, -0.15) is 0 Å². The summed E-state index contributed by atoms with van der Waals surface area (Å²) in [6.45, 7) is 2.15. The van der Waals surface area contributed by atoms with Crippen LogP contribution in [0.1, 0.15) is 39.8 Å². The fourth-order valence-corrected chi connectivity index (χ4v) is 2.89. The van der Waals surface area contributed by atoms with E-state index in [1.54, 1.807) is 6.92 Å². The third-order valence-electron chi connectivity index (χ3n) is 3.70. The molecular weight excluding hydrogens is 242 g/mol. The summed E-state index contributed by atoms with van der Waals surface area (Å²) in [6, 6.07) is 5.63. The predicted molar refractivity (Wildman–Crippen MR) is 71.5 cm³/mol. The van der Waals surface area contributed by atoms with Gasteiger partial charge in [-0.3, -0.25) is 4.79 Å². The number of nitrogens with zero attached hydrogens (tertiary/aromatic N) is 1. The number of Topliss-reactive ketones (excluding diaryl/α,β-unsaturated/α-hetero) is 1. The lowest BCUT2D eigenvalue weighted by Crippen LogP contribution is -2.14. The van der Waals surface area contributed by atoms with Crippen molar-refractivity contribution < 1.29 is 14.3 Å². The quantitative estimate of drug-likeness (QED) is 0.776. The summed E-state index contributed by atoms with van der Waals surface area (Å²) < 4.78 is 6.96. The average Bonchev–Trinajstić information content (AvgIpc) is 2.69. The lowest BCUT2D eigenvalue weighted by atomic mass is 9.90. The van der Waals surface area contributed by atoms with Crippen LogP contribution in [0.3, 0.4) is 0 Å². The summed E-state index contributed by atoms with van der Waals surface area (Å²) in [5.74, 6) is -0.157. The number of ketones is 1. The molecule has 0 aliphatic heterocycles. The Bertz CT molecular complexity index is 697. The summed E-state index contributed by atoms with van der Waals surface area (Å²) in [6.07, 6.45) is 1.07. The molecule has 1 aromatic carbocycles. The van der Waals surface area contributed by atoms with Crippen LogP contribution in [0.25, 0.3) is 10.9 Å². The summed E-state index contributed by atoms with van der Waals surface area (Å²) in [5, 5.41) is 0.921. The van der Waals surface area contributed by atoms with Crippen LogP contribution in [0.2, 0.25) is 0 Å². The zero-order valence-electron chi connectivity index (χ0n) is 11.0. The van der Waals surface area contributed by atoms with Crippen molar-refractivity contribution in [3.63, 3.8) is 0 Å². The first kappa shape index (κ1) is 12.0. The minimum Gasteiger partial charge on any atom is -0.461 e. The Morgan fingerprint density at radius 3 is 2.89 bits per heavy atom. The van der Waals surface area contributed by atoms with Gasteiger partial charge in [-0.1, -0.05) is 12.1 Å². The molecule has 1 heterocycles. The van der Waals surface area contributed by atoms with Crippen LogP contribution in [0.15, 0.2) is 18.2 Å². The van der Waals surface area contributed by atoms with E-state index in [1.165, 1.54) is 0 Å². The van der Waals surface area contributed by atoms with Gasteiger partial charge in [0.1, 0.15) is 5.69 Å². The first-order valence-electron chi connectivity index (χ1n) is 6.45. The third-order valence-corrected chi connectivity index (χ3v) is 3.70. The standard InChI is InChI=1S/C15H15NO3/c1-3-19-15(18)14-10-7-8-12(17)9-5-4-6-11(13(9)10)16(14)2/h4-6H,3,7-8H2,1-2H3. The normalized spacial score (nSPS) is 13.9. The van der Waals surface area contributed by atoms with Gasteiger partial charge in [0.05, 0.1) is 6.61 Å². The minimum atomic E-state index is -0.309. The van der Waals surface area contributed by atoms with Crippen molar-refractivity contribution in [2.24, 2.45) is 7.05 Å². The summed E-state index contributed by atoms with van der Waals surface area (Å²) in [4.78, 5) is 24.1. The van der Waals surface area contributed by atoms with E-state index in [1.807, 2.05) is 29.8 Å². The second-order valence-electron chi connectivity index (χ2n) is 4.73. The number of aromatic nitrogens is 1. The highest BCUT2D eigenvalue weighted by molar-refractivity contribution is 6.13. The fraction of sp³-hybridized carbons (Fsp3) is 0.333. The van der Waals surface area contributed by atoms with E-state index in [-0.39, 0.29) is 11.8 Å². The molecule has 98 valence electrons. The fourth-order valence-electron chi connectivity index (χ4n) is 2.89. The van der Waals surface area contributed by atoms with Gasteiger partial charge < -0.3 is 9.30 Å². The minimum absolute atomic E-state index is 0.152. The molecule has 1 aromatic heterocycles. The number of esters is 1. The molecule has 0 atom stereocenters. The lowest BCUT2D eigenvalue weighted by molar-refractivity contribution is 0.0514. The molecule has 1 aliphatic rings. The molecule has 0 unspecified atom stereocenters. The average molecular weight is 257 g/mol. The molecule has 1 aliphatic carbocycles. The highest BCUT2D eigenvalue weighted by Gasteiger charge is 2.28. The first-order valence-corrected chi connectivity index (χ1v) is 6.45. The first-order chi connectivity index (χ1) is 9.15. The van der Waals surface area contributed by atoms with Gasteiger partial charge in [0, 0.05) is 29.9 Å². The van der Waals surface area contributed by atoms with Gasteiger partial charge in [0.15, 0.2) is 5.78 Å². The molecule has 19 heavy (non-hydrogen) atoms. The molecule has 2 aromatic rings. The van der Waals surface area contributed by atoms with Gasteiger partial charge in [0.25, 0.3) is 0 Å². The molecule has 0 radical (unpaired) electrons. The number of carbonyl (C=O) groups is 2. The Balaban J connectivity index is 2.34. The van der Waals surface area contributed by atoms with Crippen molar-refractivity contribution in [2.45, 2.75) is 19.8 Å². The number of hydrogen-bond donors (Lipinski definition) is 0. The molecule has 3 rings (SSSR count). The lowest BCUT2D eigenvalue weighted by Gasteiger charge is -2.11. The largest absolute Gasteiger partial charge is 0.461 e. The van der Waals surface area contributed by atoms with Gasteiger partial charge >= 0.3 is 5.97 Å². The Morgan fingerprint density at radius 2 is 2.16 bits per heavy atom. The van der Waals surface area contributed by atoms with Crippen molar-refractivity contribution in [3.05, 3.63) is 35.0 Å². The topological polar surface area (TPSA) is 48.3 Å². The van der Waals surface area contributed by atoms with Crippen LogP contribution in [0.5, 0.6) is 0 Å². The Hall–Kier alpha value is -2.10. The van der Waals surface area contributed by atoms with Gasteiger partial charge in [-0.25, -0.2) is 4.79 Å². The van der Waals surface area contributed by atoms with Crippen LogP contribution in [0, 0.1) is 0 Å². The van der Waals surface area contributed by atoms with E-state index >= 15 is 0 Å². The zero-order chi connectivity index (χ0) is 13.6. The second kappa shape index (κ2) is 4.23. The monoisotopic (exact) mass is 257 g/mol. The maximum atomic E-state index is 12.1. The third kappa shape index (κ3) is 1.59. The van der Waals surface area contributed by atoms with Crippen molar-refractivity contribution in [3.8, 4) is 0 Å². The van der Waals surface area contributed by atoms with Crippen LogP contribution in [-0.2, 0) is 18.2 Å². The van der Waals surface area contributed by atoms with E-state index < -0.39 is 0 Å². The Labute approximate surface area is 111 Å². The highest BCUT2D eigenvalue weighted by atomic mass is 16.5. The van der Waals surface area contributed by atoms with Gasteiger partial charge in [-0.15, -0.1) is 0 Å². The summed E-state index contributed by atoms with van der Waals surface area (Å²) >= 11 is 0. The number of ether oxygens (including phenoxy) is 1. The van der Waals surface area contributed by atoms with Crippen molar-refractivity contribution in [1.29, 1.82) is 0 Å². The summed E-state index contributed by atoms with van der Waals surface area (Å²) in [7, 11) is 1.84. The van der Waals surface area contributed by atoms with E-state index in [4.69, 9.17) is 4.74 Å². The molecule has 0 N–H and O–H groups in total. The van der Waals surface area contributed by atoms with Gasteiger partial charge in [0.2, 0.25) is 0 Å². The van der Waals surface area contributed by atoms with Gasteiger partial charge in [-0.05, 0) is 25.0 Å². The molecule has 0 fully saturated rings. The van der Waals surface area contributed by atoms with Crippen molar-refractivity contribution in [2.75, 3.05) is 6.61 Å². The smallest absolute Gasteiger partial charge is 0.355 e. The van der Waals surface area contributed by atoms with E-state index in [0.717, 1.165) is 22.0 Å². The van der Waals surface area contributed by atoms with E-state index in [9.17, 15) is 9.59 Å². The van der Waals surface area contributed by atoms with Crippen molar-refractivity contribution >= 4 is 22.7 Å². The summed E-state index contributed by atoms with van der Waals surface area (Å²) in [5.41, 5.74) is 3.18. The number of aryl methyl sites for hydroxylation is 2. The highest BCUT2D eigenvalue weighted by Crippen LogP contribution is 2.34. The molecule has 0 bridgehead atoms. The number of carbonyl (C=O) groups excluding carboxylic acids is 2. The molecule has 0 saturated carbocycles. The maximum absolute atomic E-state index is 12.1. The Kier molecular flexibility index (Phi) is 2.66. The van der Waals surface area contributed by atoms with E-state index in [0.29, 0.717) is 25.1 Å². The molecule has 0 spiro atoms. The van der Waals surface area contributed by atoms with E-state index in [2.05, 4.69) is 0 Å². The number of hydrogen-bond acceptors (Lipinski definition) is 3. The van der Waals surface area contributed by atoms with Crippen LogP contribution >= 0.6 is 0 Å². The van der Waals surface area contributed by atoms with Crippen LogP contribution in [-0.4, -0.2) is 22.9 Å². The molecule has 4 nitrogen and oxygen atoms in total. The maximum Gasteiger partial charge on any atom is 0.355 e. The molecular formula is C15H15NO3. The second-order valence-corrected chi connectivity index (χ2v) is 4.73. The zero-order valence-corrected chi connectivity index (χ0v) is 11.0. The number of benzene rings is 1. The molecule has 4 heteroatoms.